The number of hydrazone groups is 1. The first-order valence-corrected chi connectivity index (χ1v) is 2.86. The van der Waals surface area contributed by atoms with E-state index in [0.29, 0.717) is 0 Å². The molecule has 0 aliphatic carbocycles. The maximum atomic E-state index is 10.8. The third kappa shape index (κ3) is 1.92. The van der Waals surface area contributed by atoms with Crippen molar-refractivity contribution >= 4 is 18.3 Å². The highest BCUT2D eigenvalue weighted by atomic mass is 16.5. The van der Waals surface area contributed by atoms with Gasteiger partial charge in [-0.2, -0.15) is 0 Å². The van der Waals surface area contributed by atoms with E-state index in [9.17, 15) is 9.59 Å². The number of carbonyl (C=O) groups excluding carboxylic acids is 1. The lowest BCUT2D eigenvalue weighted by atomic mass is 10.5. The maximum Gasteiger partial charge on any atom is 0.325 e. The molecule has 0 aromatic carbocycles. The number of carbonyl (C=O) groups is 2. The Labute approximate surface area is 62.0 Å². The van der Waals surface area contributed by atoms with Crippen LogP contribution in [0.1, 0.15) is 0 Å². The van der Waals surface area contributed by atoms with Crippen LogP contribution in [-0.2, 0) is 14.3 Å². The SMILES string of the molecule is O=C(O)CN1N=COCC1=O. The Morgan fingerprint density at radius 3 is 3.18 bits per heavy atom. The Morgan fingerprint density at radius 1 is 1.91 bits per heavy atom. The molecule has 0 aromatic heterocycles. The van der Waals surface area contributed by atoms with E-state index in [2.05, 4.69) is 9.84 Å². The van der Waals surface area contributed by atoms with Crippen molar-refractivity contribution in [1.29, 1.82) is 0 Å². The standard InChI is InChI=1S/C5H6N2O4/c8-4-2-11-3-6-7(4)1-5(9)10/h3H,1-2H2,(H,9,10). The predicted octanol–water partition coefficient (Wildman–Crippen LogP) is -1.13. The second-order valence-corrected chi connectivity index (χ2v) is 1.88. The van der Waals surface area contributed by atoms with Crippen molar-refractivity contribution in [2.45, 2.75) is 0 Å². The zero-order valence-electron chi connectivity index (χ0n) is 5.56. The molecule has 0 saturated heterocycles. The van der Waals surface area contributed by atoms with Crippen molar-refractivity contribution in [3.05, 3.63) is 0 Å². The molecule has 0 saturated carbocycles. The van der Waals surface area contributed by atoms with Crippen molar-refractivity contribution < 1.29 is 19.4 Å². The largest absolute Gasteiger partial charge is 0.480 e. The van der Waals surface area contributed by atoms with E-state index in [4.69, 9.17) is 5.11 Å². The summed E-state index contributed by atoms with van der Waals surface area (Å²) in [6.45, 7) is -0.560. The van der Waals surface area contributed by atoms with Gasteiger partial charge in [-0.1, -0.05) is 0 Å². The highest BCUT2D eigenvalue weighted by Crippen LogP contribution is 1.95. The first kappa shape index (κ1) is 7.52. The van der Waals surface area contributed by atoms with Gasteiger partial charge >= 0.3 is 5.97 Å². The highest BCUT2D eigenvalue weighted by Gasteiger charge is 2.18. The van der Waals surface area contributed by atoms with Gasteiger partial charge in [-0.3, -0.25) is 9.59 Å². The average Bonchev–Trinajstić information content (AvgIpc) is 1.93. The summed E-state index contributed by atoms with van der Waals surface area (Å²) in [5, 5.41) is 12.5. The zero-order valence-corrected chi connectivity index (χ0v) is 5.56. The Balaban J connectivity index is 2.55. The Bertz CT molecular complexity index is 213. The summed E-state index contributed by atoms with van der Waals surface area (Å²) in [6, 6.07) is 0. The van der Waals surface area contributed by atoms with Crippen molar-refractivity contribution in [2.75, 3.05) is 13.2 Å². The fourth-order valence-corrected chi connectivity index (χ4v) is 0.595. The van der Waals surface area contributed by atoms with Crippen LogP contribution in [0, 0.1) is 0 Å². The molecule has 0 radical (unpaired) electrons. The number of ether oxygens (including phenoxy) is 1. The van der Waals surface area contributed by atoms with Crippen LogP contribution in [0.25, 0.3) is 0 Å². The second-order valence-electron chi connectivity index (χ2n) is 1.88. The summed E-state index contributed by atoms with van der Waals surface area (Å²) >= 11 is 0. The number of amides is 1. The molecule has 1 heterocycles. The minimum Gasteiger partial charge on any atom is -0.480 e. The second kappa shape index (κ2) is 3.00. The first-order valence-electron chi connectivity index (χ1n) is 2.86. The van der Waals surface area contributed by atoms with Crippen molar-refractivity contribution in [2.24, 2.45) is 5.10 Å². The average molecular weight is 158 g/mol. The van der Waals surface area contributed by atoms with Gasteiger partial charge in [0.15, 0.2) is 13.0 Å². The molecule has 6 nitrogen and oxygen atoms in total. The molecule has 60 valence electrons. The van der Waals surface area contributed by atoms with Crippen molar-refractivity contribution in [3.8, 4) is 0 Å². The van der Waals surface area contributed by atoms with Gasteiger partial charge in [0.05, 0.1) is 0 Å². The number of nitrogens with zero attached hydrogens (tertiary/aromatic N) is 2. The molecule has 0 bridgehead atoms. The number of carboxylic acids is 1. The van der Waals surface area contributed by atoms with Gasteiger partial charge in [0, 0.05) is 0 Å². The van der Waals surface area contributed by atoms with Crippen LogP contribution in [0.2, 0.25) is 0 Å². The lowest BCUT2D eigenvalue weighted by Crippen LogP contribution is -2.36. The normalized spacial score (nSPS) is 16.4. The minimum atomic E-state index is -1.10. The van der Waals surface area contributed by atoms with E-state index >= 15 is 0 Å². The predicted molar refractivity (Wildman–Crippen MR) is 33.8 cm³/mol. The quantitative estimate of drug-likeness (QED) is 0.551. The first-order chi connectivity index (χ1) is 5.20. The van der Waals surface area contributed by atoms with E-state index in [0.717, 1.165) is 11.4 Å². The highest BCUT2D eigenvalue weighted by molar-refractivity contribution is 5.84. The molecular formula is C5H6N2O4. The van der Waals surface area contributed by atoms with E-state index in [1.165, 1.54) is 0 Å². The summed E-state index contributed by atoms with van der Waals surface area (Å²) in [5.41, 5.74) is 0. The molecule has 0 unspecified atom stereocenters. The van der Waals surface area contributed by atoms with Crippen LogP contribution in [0.3, 0.4) is 0 Å². The summed E-state index contributed by atoms with van der Waals surface area (Å²) < 4.78 is 4.52. The number of carboxylic acid groups (broad SMARTS) is 1. The molecule has 1 aliphatic rings. The maximum absolute atomic E-state index is 10.8. The molecule has 1 rings (SSSR count). The van der Waals surface area contributed by atoms with Gasteiger partial charge in [0.25, 0.3) is 5.91 Å². The van der Waals surface area contributed by atoms with Crippen LogP contribution >= 0.6 is 0 Å². The molecule has 11 heavy (non-hydrogen) atoms. The summed E-state index contributed by atoms with van der Waals surface area (Å²) in [4.78, 5) is 20.9. The Morgan fingerprint density at radius 2 is 2.64 bits per heavy atom. The molecular weight excluding hydrogens is 152 g/mol. The third-order valence-electron chi connectivity index (χ3n) is 1.04. The Kier molecular flexibility index (Phi) is 2.05. The van der Waals surface area contributed by atoms with E-state index < -0.39 is 18.4 Å². The smallest absolute Gasteiger partial charge is 0.325 e. The molecule has 0 atom stereocenters. The van der Waals surface area contributed by atoms with Gasteiger partial charge in [-0.05, 0) is 0 Å². The topological polar surface area (TPSA) is 79.2 Å². The van der Waals surface area contributed by atoms with E-state index in [1.54, 1.807) is 0 Å². The zero-order chi connectivity index (χ0) is 8.27. The number of hydrogen-bond donors (Lipinski definition) is 1. The van der Waals surface area contributed by atoms with Gasteiger partial charge in [-0.15, -0.1) is 5.10 Å². The van der Waals surface area contributed by atoms with Gasteiger partial charge in [-0.25, -0.2) is 5.01 Å². The van der Waals surface area contributed by atoms with Gasteiger partial charge in [0.1, 0.15) is 6.54 Å². The van der Waals surface area contributed by atoms with Crippen molar-refractivity contribution in [1.82, 2.24) is 5.01 Å². The molecule has 6 heteroatoms. The van der Waals surface area contributed by atoms with Crippen LogP contribution in [0.15, 0.2) is 5.10 Å². The lowest BCUT2D eigenvalue weighted by Gasteiger charge is -2.17. The van der Waals surface area contributed by atoms with Gasteiger partial charge < -0.3 is 9.84 Å². The number of hydrogen-bond acceptors (Lipinski definition) is 4. The third-order valence-corrected chi connectivity index (χ3v) is 1.04. The summed E-state index contributed by atoms with van der Waals surface area (Å²) in [7, 11) is 0. The van der Waals surface area contributed by atoms with E-state index in [1.807, 2.05) is 0 Å². The molecule has 1 amide bonds. The van der Waals surface area contributed by atoms with Gasteiger partial charge in [0.2, 0.25) is 0 Å². The fraction of sp³-hybridized carbons (Fsp3) is 0.400. The number of rotatable bonds is 2. The van der Waals surface area contributed by atoms with Crippen LogP contribution in [0.5, 0.6) is 0 Å². The van der Waals surface area contributed by atoms with Crippen LogP contribution in [-0.4, -0.2) is 41.5 Å². The lowest BCUT2D eigenvalue weighted by molar-refractivity contribution is -0.146. The Hall–Kier alpha value is -1.59. The molecule has 0 fully saturated rings. The number of aliphatic carboxylic acids is 1. The summed E-state index contributed by atoms with van der Waals surface area (Å²) in [6.07, 6.45) is 1.05. The molecule has 0 spiro atoms. The molecule has 1 N–H and O–H groups in total. The molecule has 1 aliphatic heterocycles. The summed E-state index contributed by atoms with van der Waals surface area (Å²) in [5.74, 6) is -1.55. The molecule has 0 aromatic rings. The van der Waals surface area contributed by atoms with Crippen LogP contribution in [0.4, 0.5) is 0 Å². The fourth-order valence-electron chi connectivity index (χ4n) is 0.595. The van der Waals surface area contributed by atoms with E-state index in [-0.39, 0.29) is 6.61 Å². The van der Waals surface area contributed by atoms with Crippen molar-refractivity contribution in [3.63, 3.8) is 0 Å². The minimum absolute atomic E-state index is 0.142. The monoisotopic (exact) mass is 158 g/mol. The van der Waals surface area contributed by atoms with Crippen LogP contribution < -0.4 is 0 Å².